The molecule has 2 heterocycles. The molecule has 4 nitrogen and oxygen atoms in total. The van der Waals surface area contributed by atoms with Crippen LogP contribution < -0.4 is 9.72 Å². The summed E-state index contributed by atoms with van der Waals surface area (Å²) < 4.78 is 4.91. The van der Waals surface area contributed by atoms with Crippen molar-refractivity contribution >= 4 is 11.0 Å². The normalized spacial score (nSPS) is 10.3. The van der Waals surface area contributed by atoms with E-state index in [-0.39, 0.29) is 0 Å². The van der Waals surface area contributed by atoms with E-state index in [1.165, 1.54) is 0 Å². The van der Waals surface area contributed by atoms with Gasteiger partial charge in [0.15, 0.2) is 0 Å². The molecule has 0 fully saturated rings. The number of nitrogens with one attached hydrogen (secondary N) is 2. The molecule has 2 rings (SSSR count). The van der Waals surface area contributed by atoms with Crippen molar-refractivity contribution in [2.45, 2.75) is 0 Å². The molecular formula is C7H8N3O+. The molecule has 2 aromatic rings. The van der Waals surface area contributed by atoms with Gasteiger partial charge in [-0.2, -0.15) is 0 Å². The standard InChI is InChI=1S/C7H7N3O/c1-11-7-9-4-6-5(10-7)2-3-8-6/h2-4,8H,1H3/p+1. The Balaban J connectivity index is 2.67. The third-order valence-corrected chi connectivity index (χ3v) is 1.51. The Morgan fingerprint density at radius 2 is 2.55 bits per heavy atom. The van der Waals surface area contributed by atoms with Crippen LogP contribution in [0.1, 0.15) is 0 Å². The molecule has 2 aromatic heterocycles. The first-order valence-corrected chi connectivity index (χ1v) is 3.30. The van der Waals surface area contributed by atoms with Gasteiger partial charge in [0.05, 0.1) is 7.11 Å². The monoisotopic (exact) mass is 150 g/mol. The molecular weight excluding hydrogens is 142 g/mol. The fraction of sp³-hybridized carbons (Fsp3) is 0.143. The molecule has 0 spiro atoms. The van der Waals surface area contributed by atoms with Crippen molar-refractivity contribution in [2.24, 2.45) is 0 Å². The second-order valence-electron chi connectivity index (χ2n) is 2.19. The molecule has 0 aliphatic rings. The minimum absolute atomic E-state index is 0.525. The maximum Gasteiger partial charge on any atom is 0.496 e. The second kappa shape index (κ2) is 2.23. The topological polar surface area (TPSA) is 52.0 Å². The van der Waals surface area contributed by atoms with Crippen LogP contribution in [0.4, 0.5) is 0 Å². The van der Waals surface area contributed by atoms with E-state index in [0.29, 0.717) is 6.01 Å². The smallest absolute Gasteiger partial charge is 0.432 e. The van der Waals surface area contributed by atoms with Crippen molar-refractivity contribution in [3.8, 4) is 6.01 Å². The van der Waals surface area contributed by atoms with Gasteiger partial charge in [0.1, 0.15) is 11.7 Å². The molecule has 0 aliphatic heterocycles. The number of rotatable bonds is 1. The average Bonchev–Trinajstić information content (AvgIpc) is 2.50. The van der Waals surface area contributed by atoms with E-state index in [2.05, 4.69) is 15.0 Å². The minimum atomic E-state index is 0.525. The Bertz CT molecular complexity index is 368. The Hall–Kier alpha value is -1.58. The van der Waals surface area contributed by atoms with Crippen LogP contribution in [-0.4, -0.2) is 17.1 Å². The zero-order chi connectivity index (χ0) is 7.68. The molecule has 0 unspecified atom stereocenters. The maximum absolute atomic E-state index is 4.91. The number of aromatic amines is 2. The predicted molar refractivity (Wildman–Crippen MR) is 39.2 cm³/mol. The van der Waals surface area contributed by atoms with Gasteiger partial charge in [0.25, 0.3) is 0 Å². The molecule has 4 heteroatoms. The van der Waals surface area contributed by atoms with E-state index >= 15 is 0 Å². The second-order valence-corrected chi connectivity index (χ2v) is 2.19. The highest BCUT2D eigenvalue weighted by Gasteiger charge is 2.07. The third kappa shape index (κ3) is 0.920. The summed E-state index contributed by atoms with van der Waals surface area (Å²) in [5, 5.41) is 0. The molecule has 0 saturated carbocycles. The number of hydrogen-bond donors (Lipinski definition) is 1. The van der Waals surface area contributed by atoms with Crippen LogP contribution in [0.3, 0.4) is 0 Å². The summed E-state index contributed by atoms with van der Waals surface area (Å²) in [6.07, 6.45) is 3.66. The van der Waals surface area contributed by atoms with Gasteiger partial charge in [-0.3, -0.25) is 0 Å². The summed E-state index contributed by atoms with van der Waals surface area (Å²) >= 11 is 0. The van der Waals surface area contributed by atoms with Crippen LogP contribution in [0.15, 0.2) is 18.5 Å². The highest BCUT2D eigenvalue weighted by Crippen LogP contribution is 2.07. The predicted octanol–water partition coefficient (Wildman–Crippen LogP) is 0.386. The highest BCUT2D eigenvalue weighted by atomic mass is 16.5. The zero-order valence-electron chi connectivity index (χ0n) is 6.09. The van der Waals surface area contributed by atoms with Crippen LogP contribution >= 0.6 is 0 Å². The van der Waals surface area contributed by atoms with Gasteiger partial charge >= 0.3 is 6.01 Å². The van der Waals surface area contributed by atoms with Gasteiger partial charge in [0.2, 0.25) is 5.52 Å². The summed E-state index contributed by atoms with van der Waals surface area (Å²) in [5.74, 6) is 0. The molecule has 0 amide bonds. The van der Waals surface area contributed by atoms with Crippen molar-refractivity contribution in [2.75, 3.05) is 7.11 Å². The molecule has 0 bridgehead atoms. The SMILES string of the molecule is COc1nc2cc[nH]c2c[nH+]1. The van der Waals surface area contributed by atoms with E-state index in [0.717, 1.165) is 11.0 Å². The zero-order valence-corrected chi connectivity index (χ0v) is 6.09. The Morgan fingerprint density at radius 1 is 1.64 bits per heavy atom. The van der Waals surface area contributed by atoms with E-state index in [1.54, 1.807) is 7.11 Å². The number of fused-ring (bicyclic) bond motifs is 1. The largest absolute Gasteiger partial charge is 0.496 e. The maximum atomic E-state index is 4.91. The van der Waals surface area contributed by atoms with E-state index in [4.69, 9.17) is 4.74 Å². The summed E-state index contributed by atoms with van der Waals surface area (Å²) in [6.45, 7) is 0. The summed E-state index contributed by atoms with van der Waals surface area (Å²) in [4.78, 5) is 10.0. The molecule has 2 N–H and O–H groups in total. The lowest BCUT2D eigenvalue weighted by atomic mass is 10.5. The van der Waals surface area contributed by atoms with Gasteiger partial charge < -0.3 is 9.72 Å². The average molecular weight is 150 g/mol. The van der Waals surface area contributed by atoms with Crippen molar-refractivity contribution in [3.05, 3.63) is 18.5 Å². The molecule has 56 valence electrons. The van der Waals surface area contributed by atoms with E-state index in [1.807, 2.05) is 18.5 Å². The lowest BCUT2D eigenvalue weighted by Gasteiger charge is -1.86. The van der Waals surface area contributed by atoms with Gasteiger partial charge in [-0.1, -0.05) is 0 Å². The number of methoxy groups -OCH3 is 1. The number of ether oxygens (including phenoxy) is 1. The first kappa shape index (κ1) is 6.15. The lowest BCUT2D eigenvalue weighted by Crippen LogP contribution is -2.08. The Kier molecular flexibility index (Phi) is 1.25. The molecule has 0 aliphatic carbocycles. The third-order valence-electron chi connectivity index (χ3n) is 1.51. The van der Waals surface area contributed by atoms with Gasteiger partial charge in [-0.25, -0.2) is 4.98 Å². The molecule has 11 heavy (non-hydrogen) atoms. The quantitative estimate of drug-likeness (QED) is 0.639. The van der Waals surface area contributed by atoms with Crippen LogP contribution in [0.5, 0.6) is 6.01 Å². The van der Waals surface area contributed by atoms with Gasteiger partial charge in [-0.05, 0) is 4.98 Å². The van der Waals surface area contributed by atoms with Crippen LogP contribution in [0.25, 0.3) is 11.0 Å². The molecule has 0 atom stereocenters. The van der Waals surface area contributed by atoms with E-state index in [9.17, 15) is 0 Å². The fourth-order valence-corrected chi connectivity index (χ4v) is 0.967. The Morgan fingerprint density at radius 3 is 3.36 bits per heavy atom. The number of nitrogens with zero attached hydrogens (tertiary/aromatic N) is 1. The number of hydrogen-bond acceptors (Lipinski definition) is 2. The summed E-state index contributed by atoms with van der Waals surface area (Å²) in [5.41, 5.74) is 1.88. The fourth-order valence-electron chi connectivity index (χ4n) is 0.967. The van der Waals surface area contributed by atoms with E-state index < -0.39 is 0 Å². The van der Waals surface area contributed by atoms with Crippen molar-refractivity contribution in [1.82, 2.24) is 9.97 Å². The lowest BCUT2D eigenvalue weighted by molar-refractivity contribution is -0.396. The summed E-state index contributed by atoms with van der Waals surface area (Å²) in [7, 11) is 1.58. The van der Waals surface area contributed by atoms with Crippen LogP contribution in [0, 0.1) is 0 Å². The van der Waals surface area contributed by atoms with Gasteiger partial charge in [-0.15, -0.1) is 0 Å². The first-order chi connectivity index (χ1) is 5.40. The molecule has 0 radical (unpaired) electrons. The first-order valence-electron chi connectivity index (χ1n) is 3.30. The number of H-pyrrole nitrogens is 2. The van der Waals surface area contributed by atoms with Gasteiger partial charge in [0, 0.05) is 12.3 Å². The summed E-state index contributed by atoms with van der Waals surface area (Å²) in [6, 6.07) is 2.42. The molecule has 0 aromatic carbocycles. The van der Waals surface area contributed by atoms with Crippen molar-refractivity contribution in [3.63, 3.8) is 0 Å². The van der Waals surface area contributed by atoms with Crippen molar-refractivity contribution < 1.29 is 9.72 Å². The molecule has 0 saturated heterocycles. The van der Waals surface area contributed by atoms with Crippen LogP contribution in [0.2, 0.25) is 0 Å². The van der Waals surface area contributed by atoms with Crippen molar-refractivity contribution in [1.29, 1.82) is 0 Å². The van der Waals surface area contributed by atoms with Crippen LogP contribution in [-0.2, 0) is 0 Å². The highest BCUT2D eigenvalue weighted by molar-refractivity contribution is 5.72. The Labute approximate surface area is 63.2 Å². The number of aromatic nitrogens is 3. The minimum Gasteiger partial charge on any atom is -0.432 e.